The molecule has 0 fully saturated rings. The van der Waals surface area contributed by atoms with E-state index in [1.807, 2.05) is 25.1 Å². The zero-order valence-electron chi connectivity index (χ0n) is 12.8. The molecule has 7 heteroatoms. The predicted octanol–water partition coefficient (Wildman–Crippen LogP) is 1.93. The number of nitrogens with one attached hydrogen (secondary N) is 2. The van der Waals surface area contributed by atoms with Crippen LogP contribution in [0.25, 0.3) is 0 Å². The summed E-state index contributed by atoms with van der Waals surface area (Å²) in [5.74, 6) is 0.0507. The van der Waals surface area contributed by atoms with Crippen LogP contribution in [0, 0.1) is 0 Å². The van der Waals surface area contributed by atoms with E-state index in [2.05, 4.69) is 25.6 Å². The van der Waals surface area contributed by atoms with Crippen molar-refractivity contribution >= 4 is 23.4 Å². The molecule has 1 aliphatic rings. The highest BCUT2D eigenvalue weighted by molar-refractivity contribution is 5.99. The van der Waals surface area contributed by atoms with Crippen LogP contribution in [0.2, 0.25) is 0 Å². The summed E-state index contributed by atoms with van der Waals surface area (Å²) in [5, 5.41) is 13.8. The van der Waals surface area contributed by atoms with Gasteiger partial charge in [0.2, 0.25) is 5.91 Å². The molecular formula is C16H16N4O3. The quantitative estimate of drug-likeness (QED) is 0.838. The highest BCUT2D eigenvalue weighted by Crippen LogP contribution is 2.27. The van der Waals surface area contributed by atoms with Crippen LogP contribution in [0.3, 0.4) is 0 Å². The summed E-state index contributed by atoms with van der Waals surface area (Å²) in [5.41, 5.74) is 3.06. The van der Waals surface area contributed by atoms with E-state index in [0.29, 0.717) is 12.2 Å². The van der Waals surface area contributed by atoms with E-state index in [1.165, 1.54) is 7.11 Å². The average molecular weight is 312 g/mol. The zero-order valence-corrected chi connectivity index (χ0v) is 12.8. The van der Waals surface area contributed by atoms with Gasteiger partial charge in [-0.15, -0.1) is 10.2 Å². The molecule has 7 nitrogen and oxygen atoms in total. The Morgan fingerprint density at radius 3 is 2.83 bits per heavy atom. The van der Waals surface area contributed by atoms with E-state index in [0.717, 1.165) is 16.8 Å². The topological polar surface area (TPSA) is 93.2 Å². The molecule has 0 aliphatic carbocycles. The van der Waals surface area contributed by atoms with Gasteiger partial charge in [0.1, 0.15) is 5.82 Å². The van der Waals surface area contributed by atoms with Crippen LogP contribution in [-0.4, -0.2) is 29.2 Å². The molecule has 0 bridgehead atoms. The predicted molar refractivity (Wildman–Crippen MR) is 84.2 cm³/mol. The number of nitrogens with zero attached hydrogens (tertiary/aromatic N) is 2. The summed E-state index contributed by atoms with van der Waals surface area (Å²) < 4.78 is 4.58. The highest BCUT2D eigenvalue weighted by Gasteiger charge is 2.19. The molecule has 1 aliphatic heterocycles. The first-order chi connectivity index (χ1) is 11.1. The minimum absolute atomic E-state index is 0.0158. The maximum atomic E-state index is 11.4. The monoisotopic (exact) mass is 312 g/mol. The lowest BCUT2D eigenvalue weighted by Crippen LogP contribution is -2.11. The van der Waals surface area contributed by atoms with Gasteiger partial charge in [-0.25, -0.2) is 4.79 Å². The number of amides is 1. The van der Waals surface area contributed by atoms with E-state index in [9.17, 15) is 9.59 Å². The number of rotatable bonds is 4. The molecule has 1 amide bonds. The van der Waals surface area contributed by atoms with E-state index in [1.54, 1.807) is 12.1 Å². The lowest BCUT2D eigenvalue weighted by molar-refractivity contribution is -0.115. The van der Waals surface area contributed by atoms with Gasteiger partial charge in [0.15, 0.2) is 5.69 Å². The SMILES string of the molecule is COC(=O)c1ccc(N[C@H](C)c2ccc3c(c2)CC(=O)N3)nn1. The first-order valence-electron chi connectivity index (χ1n) is 7.18. The lowest BCUT2D eigenvalue weighted by Gasteiger charge is -2.15. The average Bonchev–Trinajstić information content (AvgIpc) is 2.93. The maximum absolute atomic E-state index is 11.4. The number of hydrogen-bond acceptors (Lipinski definition) is 6. The van der Waals surface area contributed by atoms with Gasteiger partial charge in [-0.2, -0.15) is 0 Å². The largest absolute Gasteiger partial charge is 0.464 e. The second-order valence-electron chi connectivity index (χ2n) is 5.30. The fraction of sp³-hybridized carbons (Fsp3) is 0.250. The summed E-state index contributed by atoms with van der Waals surface area (Å²) >= 11 is 0. The molecule has 1 aromatic carbocycles. The zero-order chi connectivity index (χ0) is 16.4. The summed E-state index contributed by atoms with van der Waals surface area (Å²) in [6, 6.07) is 9.07. The number of ether oxygens (including phenoxy) is 1. The molecule has 2 heterocycles. The number of fused-ring (bicyclic) bond motifs is 1. The number of aromatic nitrogens is 2. The van der Waals surface area contributed by atoms with Gasteiger partial charge < -0.3 is 15.4 Å². The number of benzene rings is 1. The number of esters is 1. The number of carbonyl (C=O) groups excluding carboxylic acids is 2. The van der Waals surface area contributed by atoms with Gasteiger partial charge in [0.05, 0.1) is 19.6 Å². The molecule has 0 saturated heterocycles. The van der Waals surface area contributed by atoms with Crippen LogP contribution in [-0.2, 0) is 16.0 Å². The first-order valence-corrected chi connectivity index (χ1v) is 7.18. The number of hydrogen-bond donors (Lipinski definition) is 2. The minimum Gasteiger partial charge on any atom is -0.464 e. The van der Waals surface area contributed by atoms with Crippen molar-refractivity contribution in [2.75, 3.05) is 17.7 Å². The van der Waals surface area contributed by atoms with Crippen molar-refractivity contribution in [1.29, 1.82) is 0 Å². The molecule has 0 radical (unpaired) electrons. The molecule has 2 N–H and O–H groups in total. The van der Waals surface area contributed by atoms with Crippen molar-refractivity contribution in [1.82, 2.24) is 10.2 Å². The molecule has 1 aromatic heterocycles. The van der Waals surface area contributed by atoms with E-state index >= 15 is 0 Å². The Balaban J connectivity index is 1.72. The Kier molecular flexibility index (Phi) is 3.92. The van der Waals surface area contributed by atoms with Crippen LogP contribution < -0.4 is 10.6 Å². The Morgan fingerprint density at radius 2 is 2.13 bits per heavy atom. The summed E-state index contributed by atoms with van der Waals surface area (Å²) in [6.07, 6.45) is 0.406. The maximum Gasteiger partial charge on any atom is 0.358 e. The van der Waals surface area contributed by atoms with Crippen LogP contribution in [0.4, 0.5) is 11.5 Å². The van der Waals surface area contributed by atoms with Gasteiger partial charge in [0.25, 0.3) is 0 Å². The normalized spacial score (nSPS) is 13.9. The Morgan fingerprint density at radius 1 is 1.30 bits per heavy atom. The van der Waals surface area contributed by atoms with Crippen molar-refractivity contribution in [3.63, 3.8) is 0 Å². The molecule has 2 aromatic rings. The lowest BCUT2D eigenvalue weighted by atomic mass is 10.0. The van der Waals surface area contributed by atoms with E-state index in [-0.39, 0.29) is 17.6 Å². The van der Waals surface area contributed by atoms with Crippen molar-refractivity contribution in [3.8, 4) is 0 Å². The van der Waals surface area contributed by atoms with Gasteiger partial charge >= 0.3 is 5.97 Å². The van der Waals surface area contributed by atoms with E-state index in [4.69, 9.17) is 0 Å². The Labute approximate surface area is 133 Å². The second kappa shape index (κ2) is 6.04. The smallest absolute Gasteiger partial charge is 0.358 e. The van der Waals surface area contributed by atoms with Gasteiger partial charge in [-0.3, -0.25) is 4.79 Å². The fourth-order valence-electron chi connectivity index (χ4n) is 2.45. The van der Waals surface area contributed by atoms with Crippen molar-refractivity contribution < 1.29 is 14.3 Å². The van der Waals surface area contributed by atoms with Gasteiger partial charge in [0, 0.05) is 5.69 Å². The van der Waals surface area contributed by atoms with Crippen molar-refractivity contribution in [2.24, 2.45) is 0 Å². The summed E-state index contributed by atoms with van der Waals surface area (Å²) in [6.45, 7) is 1.99. The summed E-state index contributed by atoms with van der Waals surface area (Å²) in [7, 11) is 1.30. The second-order valence-corrected chi connectivity index (χ2v) is 5.30. The van der Waals surface area contributed by atoms with Crippen molar-refractivity contribution in [3.05, 3.63) is 47.2 Å². The Bertz CT molecular complexity index is 758. The van der Waals surface area contributed by atoms with Crippen molar-refractivity contribution in [2.45, 2.75) is 19.4 Å². The first kappa shape index (κ1) is 15.0. The molecular weight excluding hydrogens is 296 g/mol. The molecule has 0 unspecified atom stereocenters. The van der Waals surface area contributed by atoms with Crippen LogP contribution in [0.1, 0.15) is 34.6 Å². The number of methoxy groups -OCH3 is 1. The third-order valence-corrected chi connectivity index (χ3v) is 3.68. The molecule has 0 spiro atoms. The number of carbonyl (C=O) groups is 2. The van der Waals surface area contributed by atoms with Crippen LogP contribution in [0.15, 0.2) is 30.3 Å². The third kappa shape index (κ3) is 3.13. The van der Waals surface area contributed by atoms with Gasteiger partial charge in [-0.05, 0) is 36.2 Å². The van der Waals surface area contributed by atoms with Crippen LogP contribution >= 0.6 is 0 Å². The Hall–Kier alpha value is -2.96. The third-order valence-electron chi connectivity index (χ3n) is 3.68. The van der Waals surface area contributed by atoms with Crippen LogP contribution in [0.5, 0.6) is 0 Å². The fourth-order valence-corrected chi connectivity index (χ4v) is 2.45. The summed E-state index contributed by atoms with van der Waals surface area (Å²) in [4.78, 5) is 22.7. The molecule has 3 rings (SSSR count). The standard InChI is InChI=1S/C16H16N4O3/c1-9(10-3-4-12-11(7-10)8-15(21)18-12)17-14-6-5-13(19-20-14)16(22)23-2/h3-7,9H,8H2,1-2H3,(H,17,20)(H,18,21)/t9-/m1/s1. The molecule has 1 atom stereocenters. The molecule has 23 heavy (non-hydrogen) atoms. The van der Waals surface area contributed by atoms with E-state index < -0.39 is 5.97 Å². The number of anilines is 2. The molecule has 0 saturated carbocycles. The minimum atomic E-state index is -0.520. The molecule has 118 valence electrons. The van der Waals surface area contributed by atoms with Gasteiger partial charge in [-0.1, -0.05) is 12.1 Å². The highest BCUT2D eigenvalue weighted by atomic mass is 16.5.